The molecule has 0 bridgehead atoms. The Kier molecular flexibility index (Phi) is 4.02. The Morgan fingerprint density at radius 3 is 2.58 bits per heavy atom. The molecule has 0 saturated heterocycles. The maximum absolute atomic E-state index is 6.31. The van der Waals surface area contributed by atoms with Crippen LogP contribution in [-0.4, -0.2) is 9.55 Å². The number of halogens is 2. The number of hydrogen-bond donors (Lipinski definition) is 0. The average molecular weight is 295 g/mol. The highest BCUT2D eigenvalue weighted by molar-refractivity contribution is 6.34. The second-order valence-electron chi connectivity index (χ2n) is 5.43. The van der Waals surface area contributed by atoms with Crippen LogP contribution in [0.15, 0.2) is 36.9 Å². The second kappa shape index (κ2) is 5.40. The molecule has 0 radical (unpaired) electrons. The van der Waals surface area contributed by atoms with Crippen LogP contribution in [-0.2, 0) is 0 Å². The van der Waals surface area contributed by atoms with Crippen LogP contribution in [0.25, 0.3) is 11.8 Å². The number of imidazole rings is 1. The van der Waals surface area contributed by atoms with Gasteiger partial charge < -0.3 is 4.57 Å². The van der Waals surface area contributed by atoms with E-state index in [1.165, 1.54) is 0 Å². The maximum Gasteiger partial charge on any atom is 0.0986 e. The lowest BCUT2D eigenvalue weighted by atomic mass is 9.82. The van der Waals surface area contributed by atoms with Crippen molar-refractivity contribution >= 4 is 35.0 Å². The van der Waals surface area contributed by atoms with Crippen LogP contribution in [0.1, 0.15) is 26.3 Å². The quantitative estimate of drug-likeness (QED) is 0.741. The Balaban J connectivity index is 2.59. The predicted molar refractivity (Wildman–Crippen MR) is 82.3 cm³/mol. The highest BCUT2D eigenvalue weighted by Gasteiger charge is 2.21. The first-order valence-electron chi connectivity index (χ1n) is 6.03. The summed E-state index contributed by atoms with van der Waals surface area (Å²) in [6, 6.07) is 5.52. The van der Waals surface area contributed by atoms with Crippen molar-refractivity contribution in [2.75, 3.05) is 0 Å². The minimum absolute atomic E-state index is 0.0570. The average Bonchev–Trinajstić information content (AvgIpc) is 2.81. The largest absolute Gasteiger partial charge is 0.313 e. The summed E-state index contributed by atoms with van der Waals surface area (Å²) < 4.78 is 1.91. The van der Waals surface area contributed by atoms with E-state index in [-0.39, 0.29) is 5.41 Å². The molecule has 2 aromatic rings. The van der Waals surface area contributed by atoms with Gasteiger partial charge in [-0.15, -0.1) is 0 Å². The molecule has 0 atom stereocenters. The molecule has 0 amide bonds. The molecule has 0 saturated carbocycles. The number of allylic oxidation sites excluding steroid dienone is 1. The van der Waals surface area contributed by atoms with Gasteiger partial charge in [0.15, 0.2) is 0 Å². The van der Waals surface area contributed by atoms with E-state index in [1.807, 2.05) is 29.1 Å². The molecular formula is C15H16Cl2N2. The van der Waals surface area contributed by atoms with E-state index in [4.69, 9.17) is 23.2 Å². The number of hydrogen-bond acceptors (Lipinski definition) is 1. The van der Waals surface area contributed by atoms with Crippen molar-refractivity contribution in [3.05, 3.63) is 52.5 Å². The van der Waals surface area contributed by atoms with Crippen molar-refractivity contribution in [3.63, 3.8) is 0 Å². The van der Waals surface area contributed by atoms with Gasteiger partial charge >= 0.3 is 0 Å². The summed E-state index contributed by atoms with van der Waals surface area (Å²) in [6.45, 7) is 6.44. The van der Waals surface area contributed by atoms with Crippen molar-refractivity contribution in [1.82, 2.24) is 9.55 Å². The first-order valence-corrected chi connectivity index (χ1v) is 6.78. The molecule has 0 aliphatic carbocycles. The second-order valence-corrected chi connectivity index (χ2v) is 6.27. The zero-order valence-electron chi connectivity index (χ0n) is 11.2. The number of benzene rings is 1. The zero-order chi connectivity index (χ0) is 14.0. The molecule has 0 spiro atoms. The lowest BCUT2D eigenvalue weighted by molar-refractivity contribution is 0.568. The standard InChI is InChI=1S/C15H16Cl2N2/c1-15(2,3)13(9-19-7-6-18-10-19)12-8-11(16)4-5-14(12)17/h4-10H,1-3H3/b13-9+. The van der Waals surface area contributed by atoms with Crippen LogP contribution in [0.5, 0.6) is 0 Å². The molecule has 1 aromatic heterocycles. The van der Waals surface area contributed by atoms with Gasteiger partial charge in [-0.2, -0.15) is 0 Å². The fourth-order valence-corrected chi connectivity index (χ4v) is 2.26. The van der Waals surface area contributed by atoms with Gasteiger partial charge in [0.25, 0.3) is 0 Å². The van der Waals surface area contributed by atoms with Crippen molar-refractivity contribution in [2.24, 2.45) is 5.41 Å². The fraction of sp³-hybridized carbons (Fsp3) is 0.267. The molecule has 2 nitrogen and oxygen atoms in total. The van der Waals surface area contributed by atoms with Crippen molar-refractivity contribution < 1.29 is 0 Å². The van der Waals surface area contributed by atoms with Crippen molar-refractivity contribution in [1.29, 1.82) is 0 Å². The zero-order valence-corrected chi connectivity index (χ0v) is 12.7. The molecule has 0 aliphatic rings. The van der Waals surface area contributed by atoms with E-state index in [9.17, 15) is 0 Å². The molecule has 1 aromatic carbocycles. The molecule has 0 unspecified atom stereocenters. The monoisotopic (exact) mass is 294 g/mol. The lowest BCUT2D eigenvalue weighted by Gasteiger charge is -2.24. The van der Waals surface area contributed by atoms with Gasteiger partial charge in [-0.1, -0.05) is 44.0 Å². The molecule has 0 aliphatic heterocycles. The third-order valence-electron chi connectivity index (χ3n) is 2.83. The summed E-state index contributed by atoms with van der Waals surface area (Å²) in [6.07, 6.45) is 7.43. The fourth-order valence-electron chi connectivity index (χ4n) is 1.87. The Hall–Kier alpha value is -1.25. The van der Waals surface area contributed by atoms with E-state index in [1.54, 1.807) is 18.6 Å². The topological polar surface area (TPSA) is 17.8 Å². The summed E-state index contributed by atoms with van der Waals surface area (Å²) in [4.78, 5) is 4.05. The lowest BCUT2D eigenvalue weighted by Crippen LogP contribution is -2.09. The summed E-state index contributed by atoms with van der Waals surface area (Å²) in [5, 5.41) is 1.38. The Morgan fingerprint density at radius 2 is 2.00 bits per heavy atom. The number of nitrogens with zero attached hydrogens (tertiary/aromatic N) is 2. The Labute approximate surface area is 123 Å². The molecule has 2 rings (SSSR count). The van der Waals surface area contributed by atoms with Crippen LogP contribution in [0.3, 0.4) is 0 Å². The minimum atomic E-state index is -0.0570. The van der Waals surface area contributed by atoms with Gasteiger partial charge in [0.2, 0.25) is 0 Å². The van der Waals surface area contributed by atoms with Crippen LogP contribution >= 0.6 is 23.2 Å². The van der Waals surface area contributed by atoms with Crippen LogP contribution in [0, 0.1) is 5.41 Å². The van der Waals surface area contributed by atoms with Gasteiger partial charge in [-0.3, -0.25) is 0 Å². The van der Waals surface area contributed by atoms with E-state index >= 15 is 0 Å². The predicted octanol–water partition coefficient (Wildman–Crippen LogP) is 5.23. The molecule has 4 heteroatoms. The van der Waals surface area contributed by atoms with Crippen molar-refractivity contribution in [2.45, 2.75) is 20.8 Å². The van der Waals surface area contributed by atoms with Gasteiger partial charge in [0.05, 0.1) is 6.33 Å². The van der Waals surface area contributed by atoms with E-state index in [0.717, 1.165) is 11.1 Å². The summed E-state index contributed by atoms with van der Waals surface area (Å²) >= 11 is 12.4. The van der Waals surface area contributed by atoms with E-state index < -0.39 is 0 Å². The van der Waals surface area contributed by atoms with Gasteiger partial charge in [0, 0.05) is 28.6 Å². The molecule has 0 fully saturated rings. The van der Waals surface area contributed by atoms with Crippen LogP contribution in [0.4, 0.5) is 0 Å². The molecule has 1 heterocycles. The molecular weight excluding hydrogens is 279 g/mol. The van der Waals surface area contributed by atoms with Crippen LogP contribution < -0.4 is 0 Å². The number of rotatable bonds is 2. The summed E-state index contributed by atoms with van der Waals surface area (Å²) in [5.74, 6) is 0. The van der Waals surface area contributed by atoms with Gasteiger partial charge in [-0.25, -0.2) is 4.98 Å². The van der Waals surface area contributed by atoms with E-state index in [2.05, 4.69) is 25.8 Å². The van der Waals surface area contributed by atoms with Crippen LogP contribution in [0.2, 0.25) is 10.0 Å². The van der Waals surface area contributed by atoms with Crippen molar-refractivity contribution in [3.8, 4) is 0 Å². The Morgan fingerprint density at radius 1 is 1.26 bits per heavy atom. The van der Waals surface area contributed by atoms with Gasteiger partial charge in [-0.05, 0) is 34.8 Å². The molecule has 0 N–H and O–H groups in total. The highest BCUT2D eigenvalue weighted by atomic mass is 35.5. The Bertz CT molecular complexity index is 593. The minimum Gasteiger partial charge on any atom is -0.313 e. The van der Waals surface area contributed by atoms with Gasteiger partial charge in [0.1, 0.15) is 0 Å². The molecule has 100 valence electrons. The first kappa shape index (κ1) is 14.2. The third kappa shape index (κ3) is 3.40. The SMILES string of the molecule is CC(C)(C)/C(=C/n1ccnc1)c1cc(Cl)ccc1Cl. The normalized spacial score (nSPS) is 12.8. The first-order chi connectivity index (χ1) is 8.88. The summed E-state index contributed by atoms with van der Waals surface area (Å²) in [5.41, 5.74) is 2.01. The highest BCUT2D eigenvalue weighted by Crippen LogP contribution is 2.39. The summed E-state index contributed by atoms with van der Waals surface area (Å²) in [7, 11) is 0. The van der Waals surface area contributed by atoms with E-state index in [0.29, 0.717) is 10.0 Å². The third-order valence-corrected chi connectivity index (χ3v) is 3.39. The smallest absolute Gasteiger partial charge is 0.0986 e. The maximum atomic E-state index is 6.31. The molecule has 19 heavy (non-hydrogen) atoms. The number of aromatic nitrogens is 2.